The van der Waals surface area contributed by atoms with Crippen molar-refractivity contribution in [2.75, 3.05) is 19.7 Å². The van der Waals surface area contributed by atoms with Crippen molar-refractivity contribution in [1.82, 2.24) is 10.2 Å². The zero-order valence-corrected chi connectivity index (χ0v) is 21.2. The minimum Gasteiger partial charge on any atom is -0.406 e. The van der Waals surface area contributed by atoms with Crippen LogP contribution in [0.4, 0.5) is 17.6 Å². The molecule has 2 heterocycles. The Balaban J connectivity index is 1.30. The summed E-state index contributed by atoms with van der Waals surface area (Å²) in [4.78, 5) is 15.7. The third kappa shape index (κ3) is 6.82. The number of likely N-dealkylation sites (tertiary alicyclic amines) is 1. The largest absolute Gasteiger partial charge is 0.573 e. The lowest BCUT2D eigenvalue weighted by Crippen LogP contribution is -2.58. The molecule has 4 rings (SSSR count). The maximum atomic E-state index is 13.3. The molecule has 9 heteroatoms. The molecule has 2 aromatic rings. The maximum absolute atomic E-state index is 13.3. The van der Waals surface area contributed by atoms with Gasteiger partial charge in [0.2, 0.25) is 0 Å². The summed E-state index contributed by atoms with van der Waals surface area (Å²) in [7, 11) is 0. The Kier molecular flexibility index (Phi) is 8.43. The smallest absolute Gasteiger partial charge is 0.406 e. The normalized spacial score (nSPS) is 23.7. The van der Waals surface area contributed by atoms with Gasteiger partial charge in [0.25, 0.3) is 5.91 Å². The molecule has 0 spiro atoms. The van der Waals surface area contributed by atoms with E-state index in [1.54, 1.807) is 6.07 Å². The molecule has 0 aromatic heterocycles. The summed E-state index contributed by atoms with van der Waals surface area (Å²) in [5.41, 5.74) is 0.696. The van der Waals surface area contributed by atoms with Gasteiger partial charge in [0, 0.05) is 12.6 Å². The van der Waals surface area contributed by atoms with E-state index in [0.717, 1.165) is 32.4 Å². The topological polar surface area (TPSA) is 50.8 Å². The van der Waals surface area contributed by atoms with Crippen LogP contribution in [-0.4, -0.2) is 48.5 Å². The van der Waals surface area contributed by atoms with E-state index in [-0.39, 0.29) is 36.0 Å². The van der Waals surface area contributed by atoms with E-state index in [0.29, 0.717) is 24.5 Å². The predicted molar refractivity (Wildman–Crippen MR) is 131 cm³/mol. The van der Waals surface area contributed by atoms with E-state index in [4.69, 9.17) is 4.74 Å². The molecular formula is C28H34F4N2O3. The Morgan fingerprint density at radius 2 is 1.84 bits per heavy atom. The quantitative estimate of drug-likeness (QED) is 0.468. The first kappa shape index (κ1) is 27.4. The van der Waals surface area contributed by atoms with E-state index in [9.17, 15) is 22.4 Å². The highest BCUT2D eigenvalue weighted by atomic mass is 19.4. The fraction of sp³-hybridized carbons (Fsp3) is 0.536. The molecular weight excluding hydrogens is 488 g/mol. The summed E-state index contributed by atoms with van der Waals surface area (Å²) in [5.74, 6) is -0.447. The van der Waals surface area contributed by atoms with Gasteiger partial charge in [-0.1, -0.05) is 38.1 Å². The van der Waals surface area contributed by atoms with E-state index in [1.807, 2.05) is 26.0 Å². The zero-order valence-electron chi connectivity index (χ0n) is 21.2. The van der Waals surface area contributed by atoms with Gasteiger partial charge in [-0.3, -0.25) is 9.69 Å². The Morgan fingerprint density at radius 3 is 2.43 bits per heavy atom. The number of ether oxygens (including phenoxy) is 2. The number of rotatable bonds is 7. The van der Waals surface area contributed by atoms with Crippen molar-refractivity contribution in [2.45, 2.75) is 70.0 Å². The van der Waals surface area contributed by atoms with Crippen molar-refractivity contribution in [3.63, 3.8) is 0 Å². The number of benzene rings is 2. The van der Waals surface area contributed by atoms with Crippen molar-refractivity contribution in [1.29, 1.82) is 0 Å². The van der Waals surface area contributed by atoms with Gasteiger partial charge in [0.15, 0.2) is 0 Å². The third-order valence-corrected chi connectivity index (χ3v) is 7.67. The van der Waals surface area contributed by atoms with Crippen LogP contribution in [0, 0.1) is 11.7 Å². The predicted octanol–water partition coefficient (Wildman–Crippen LogP) is 5.79. The second-order valence-electron chi connectivity index (χ2n) is 10.3. The van der Waals surface area contributed by atoms with Gasteiger partial charge in [-0.25, -0.2) is 4.39 Å². The number of carbonyl (C=O) groups excluding carboxylic acids is 1. The fourth-order valence-electron chi connectivity index (χ4n) is 5.48. The fourth-order valence-corrected chi connectivity index (χ4v) is 5.48. The van der Waals surface area contributed by atoms with Crippen molar-refractivity contribution in [2.24, 2.45) is 5.92 Å². The number of carbonyl (C=O) groups is 1. The Morgan fingerprint density at radius 1 is 1.14 bits per heavy atom. The van der Waals surface area contributed by atoms with Crippen LogP contribution in [0.25, 0.3) is 0 Å². The standard InChI is InChI=1S/C28H34F4N2O3/c1-19(2)27(26(35)33-17-20-4-3-5-25(16-20)37-28(30,31)32)13-10-24(18-36-27)34-14-11-22(12-15-34)21-6-8-23(29)9-7-21/h3-9,16,19,22,24H,10-15,17-18H2,1-2H3,(H,33,35). The average Bonchev–Trinajstić information content (AvgIpc) is 2.87. The third-order valence-electron chi connectivity index (χ3n) is 7.67. The molecule has 5 nitrogen and oxygen atoms in total. The van der Waals surface area contributed by atoms with E-state index < -0.39 is 12.0 Å². The molecule has 37 heavy (non-hydrogen) atoms. The van der Waals surface area contributed by atoms with Crippen LogP contribution >= 0.6 is 0 Å². The Labute approximate surface area is 215 Å². The van der Waals surface area contributed by atoms with Crippen LogP contribution in [0.1, 0.15) is 56.6 Å². The lowest BCUT2D eigenvalue weighted by molar-refractivity contribution is -0.274. The van der Waals surface area contributed by atoms with Crippen molar-refractivity contribution in [3.05, 3.63) is 65.5 Å². The van der Waals surface area contributed by atoms with Crippen LogP contribution in [0.2, 0.25) is 0 Å². The minimum atomic E-state index is -4.77. The molecule has 0 saturated carbocycles. The molecule has 1 amide bonds. The van der Waals surface area contributed by atoms with Gasteiger partial charge < -0.3 is 14.8 Å². The Bertz CT molecular complexity index is 1040. The number of amides is 1. The summed E-state index contributed by atoms with van der Waals surface area (Å²) >= 11 is 0. The summed E-state index contributed by atoms with van der Waals surface area (Å²) < 4.78 is 61.1. The molecule has 0 bridgehead atoms. The summed E-state index contributed by atoms with van der Waals surface area (Å²) in [5, 5.41) is 2.86. The van der Waals surface area contributed by atoms with Crippen molar-refractivity contribution in [3.8, 4) is 5.75 Å². The second kappa shape index (κ2) is 11.4. The highest BCUT2D eigenvalue weighted by Crippen LogP contribution is 2.36. The van der Waals surface area contributed by atoms with Gasteiger partial charge in [-0.05, 0) is 86.0 Å². The maximum Gasteiger partial charge on any atom is 0.573 e. The number of halogens is 4. The monoisotopic (exact) mass is 522 g/mol. The van der Waals surface area contributed by atoms with E-state index >= 15 is 0 Å². The van der Waals surface area contributed by atoms with Gasteiger partial charge in [0.1, 0.15) is 17.2 Å². The molecule has 2 aliphatic heterocycles. The van der Waals surface area contributed by atoms with Crippen LogP contribution in [0.15, 0.2) is 48.5 Å². The van der Waals surface area contributed by atoms with E-state index in [2.05, 4.69) is 15.0 Å². The van der Waals surface area contributed by atoms with Gasteiger partial charge in [0.05, 0.1) is 6.61 Å². The molecule has 0 radical (unpaired) electrons. The molecule has 202 valence electrons. The number of nitrogens with one attached hydrogen (secondary N) is 1. The van der Waals surface area contributed by atoms with Gasteiger partial charge in [-0.2, -0.15) is 0 Å². The number of alkyl halides is 3. The minimum absolute atomic E-state index is 0.0717. The summed E-state index contributed by atoms with van der Waals surface area (Å²) in [6, 6.07) is 12.6. The zero-order chi connectivity index (χ0) is 26.6. The molecule has 2 aromatic carbocycles. The molecule has 1 N–H and O–H groups in total. The van der Waals surface area contributed by atoms with Crippen LogP contribution in [0.5, 0.6) is 5.75 Å². The van der Waals surface area contributed by atoms with Crippen LogP contribution in [0.3, 0.4) is 0 Å². The van der Waals surface area contributed by atoms with Gasteiger partial charge >= 0.3 is 6.36 Å². The molecule has 2 atom stereocenters. The average molecular weight is 523 g/mol. The number of nitrogens with zero attached hydrogens (tertiary/aromatic N) is 1. The Hall–Kier alpha value is -2.65. The molecule has 2 aliphatic rings. The first-order valence-corrected chi connectivity index (χ1v) is 12.8. The number of piperidine rings is 1. The summed E-state index contributed by atoms with van der Waals surface area (Å²) in [6.45, 7) is 6.27. The highest BCUT2D eigenvalue weighted by Gasteiger charge is 2.46. The molecule has 2 fully saturated rings. The number of hydrogen-bond donors (Lipinski definition) is 1. The molecule has 0 aliphatic carbocycles. The van der Waals surface area contributed by atoms with Crippen LogP contribution < -0.4 is 10.1 Å². The summed E-state index contributed by atoms with van der Waals surface area (Å²) in [6.07, 6.45) is -1.39. The highest BCUT2D eigenvalue weighted by molar-refractivity contribution is 5.85. The molecule has 2 unspecified atom stereocenters. The van der Waals surface area contributed by atoms with Crippen LogP contribution in [-0.2, 0) is 16.1 Å². The first-order chi connectivity index (χ1) is 17.6. The number of hydrogen-bond acceptors (Lipinski definition) is 4. The first-order valence-electron chi connectivity index (χ1n) is 12.8. The van der Waals surface area contributed by atoms with Gasteiger partial charge in [-0.15, -0.1) is 13.2 Å². The lowest BCUT2D eigenvalue weighted by atomic mass is 9.80. The SMILES string of the molecule is CC(C)C1(C(=O)NCc2cccc(OC(F)(F)F)c2)CCC(N2CCC(c3ccc(F)cc3)CC2)CO1. The van der Waals surface area contributed by atoms with E-state index in [1.165, 1.54) is 35.9 Å². The van der Waals surface area contributed by atoms with Crippen molar-refractivity contribution >= 4 is 5.91 Å². The lowest BCUT2D eigenvalue weighted by Gasteiger charge is -2.46. The second-order valence-corrected chi connectivity index (χ2v) is 10.3. The molecule has 2 saturated heterocycles. The van der Waals surface area contributed by atoms with Crippen molar-refractivity contribution < 1.29 is 31.8 Å².